The van der Waals surface area contributed by atoms with Gasteiger partial charge < -0.3 is 4.74 Å². The van der Waals surface area contributed by atoms with Gasteiger partial charge in [0.05, 0.1) is 11.9 Å². The lowest BCUT2D eigenvalue weighted by molar-refractivity contribution is 0.157. The molecule has 0 bridgehead atoms. The van der Waals surface area contributed by atoms with Gasteiger partial charge in [-0.3, -0.25) is 0 Å². The molecule has 0 aromatic heterocycles. The average Bonchev–Trinajstić information content (AvgIpc) is 2.86. The van der Waals surface area contributed by atoms with E-state index in [1.54, 1.807) is 4.31 Å². The maximum atomic E-state index is 12.0. The van der Waals surface area contributed by atoms with E-state index in [0.29, 0.717) is 13.1 Å². The summed E-state index contributed by atoms with van der Waals surface area (Å²) >= 11 is 0. The summed E-state index contributed by atoms with van der Waals surface area (Å²) in [6.45, 7) is 2.97. The van der Waals surface area contributed by atoms with Crippen LogP contribution >= 0.6 is 0 Å². The van der Waals surface area contributed by atoms with Crippen LogP contribution in [0.15, 0.2) is 0 Å². The van der Waals surface area contributed by atoms with Gasteiger partial charge in [-0.25, -0.2) is 12.7 Å². The Bertz CT molecular complexity index is 355. The second-order valence-corrected chi connectivity index (χ2v) is 7.34. The summed E-state index contributed by atoms with van der Waals surface area (Å²) in [5, 5.41) is -0.0602. The molecule has 3 aliphatic rings. The fraction of sp³-hybridized carbons (Fsp3) is 1.00. The van der Waals surface area contributed by atoms with Gasteiger partial charge in [-0.05, 0) is 25.7 Å². The molecule has 2 heterocycles. The van der Waals surface area contributed by atoms with Crippen molar-refractivity contribution in [2.75, 3.05) is 26.3 Å². The van der Waals surface area contributed by atoms with Gasteiger partial charge in [0, 0.05) is 25.1 Å². The van der Waals surface area contributed by atoms with Crippen LogP contribution in [0.4, 0.5) is 0 Å². The Balaban J connectivity index is 1.75. The van der Waals surface area contributed by atoms with Crippen molar-refractivity contribution in [2.24, 2.45) is 5.41 Å². The summed E-state index contributed by atoms with van der Waals surface area (Å²) < 4.78 is 31.1. The van der Waals surface area contributed by atoms with E-state index in [4.69, 9.17) is 4.74 Å². The molecule has 1 aliphatic carbocycles. The van der Waals surface area contributed by atoms with Crippen molar-refractivity contribution < 1.29 is 13.2 Å². The molecule has 0 amide bonds. The SMILES string of the molecule is O=S(=O)(C1CC1)N1CCC2(CCOC2)C1. The first-order valence-corrected chi connectivity index (χ1v) is 7.20. The molecular weight excluding hydrogens is 214 g/mol. The zero-order valence-electron chi connectivity index (χ0n) is 8.81. The number of nitrogens with zero attached hydrogens (tertiary/aromatic N) is 1. The highest BCUT2D eigenvalue weighted by atomic mass is 32.2. The molecule has 1 unspecified atom stereocenters. The summed E-state index contributed by atoms with van der Waals surface area (Å²) in [7, 11) is -2.95. The highest BCUT2D eigenvalue weighted by Crippen LogP contribution is 2.42. The molecule has 0 N–H and O–H groups in total. The molecule has 2 aliphatic heterocycles. The first-order chi connectivity index (χ1) is 7.12. The van der Waals surface area contributed by atoms with Gasteiger partial charge in [0.25, 0.3) is 0 Å². The first-order valence-electron chi connectivity index (χ1n) is 5.69. The Hall–Kier alpha value is -0.130. The van der Waals surface area contributed by atoms with Crippen molar-refractivity contribution in [1.29, 1.82) is 0 Å². The van der Waals surface area contributed by atoms with Gasteiger partial charge in [-0.15, -0.1) is 0 Å². The van der Waals surface area contributed by atoms with Gasteiger partial charge in [0.1, 0.15) is 0 Å². The minimum atomic E-state index is -2.95. The highest BCUT2D eigenvalue weighted by molar-refractivity contribution is 7.90. The van der Waals surface area contributed by atoms with Crippen LogP contribution < -0.4 is 0 Å². The minimum absolute atomic E-state index is 0.0602. The molecular formula is C10H17NO3S. The van der Waals surface area contributed by atoms with E-state index in [2.05, 4.69) is 0 Å². The van der Waals surface area contributed by atoms with E-state index in [9.17, 15) is 8.42 Å². The van der Waals surface area contributed by atoms with E-state index in [0.717, 1.165) is 38.9 Å². The van der Waals surface area contributed by atoms with Gasteiger partial charge in [0.15, 0.2) is 0 Å². The quantitative estimate of drug-likeness (QED) is 0.699. The summed E-state index contributed by atoms with van der Waals surface area (Å²) in [6, 6.07) is 0. The van der Waals surface area contributed by atoms with Crippen LogP contribution in [-0.2, 0) is 14.8 Å². The third-order valence-corrected chi connectivity index (χ3v) is 6.24. The number of sulfonamides is 1. The lowest BCUT2D eigenvalue weighted by Gasteiger charge is -2.21. The lowest BCUT2D eigenvalue weighted by atomic mass is 9.87. The molecule has 5 heteroatoms. The molecule has 1 spiro atoms. The number of hydrogen-bond acceptors (Lipinski definition) is 3. The number of rotatable bonds is 2. The Labute approximate surface area is 90.6 Å². The van der Waals surface area contributed by atoms with Crippen LogP contribution in [0.3, 0.4) is 0 Å². The van der Waals surface area contributed by atoms with E-state index in [1.165, 1.54) is 0 Å². The van der Waals surface area contributed by atoms with E-state index >= 15 is 0 Å². The molecule has 3 fully saturated rings. The molecule has 1 saturated carbocycles. The van der Waals surface area contributed by atoms with Crippen LogP contribution in [0.1, 0.15) is 25.7 Å². The largest absolute Gasteiger partial charge is 0.381 e. The van der Waals surface area contributed by atoms with Gasteiger partial charge in [-0.1, -0.05) is 0 Å². The van der Waals surface area contributed by atoms with Gasteiger partial charge in [-0.2, -0.15) is 0 Å². The van der Waals surface area contributed by atoms with Gasteiger partial charge in [0.2, 0.25) is 10.0 Å². The average molecular weight is 231 g/mol. The first kappa shape index (κ1) is 10.1. The Morgan fingerprint density at radius 3 is 2.67 bits per heavy atom. The van der Waals surface area contributed by atoms with Gasteiger partial charge >= 0.3 is 0 Å². The van der Waals surface area contributed by atoms with Crippen molar-refractivity contribution in [3.63, 3.8) is 0 Å². The molecule has 0 aromatic carbocycles. The molecule has 1 atom stereocenters. The molecule has 2 saturated heterocycles. The lowest BCUT2D eigenvalue weighted by Crippen LogP contribution is -2.34. The zero-order chi connectivity index (χ0) is 10.5. The normalized spacial score (nSPS) is 37.9. The Morgan fingerprint density at radius 2 is 2.07 bits per heavy atom. The zero-order valence-corrected chi connectivity index (χ0v) is 9.63. The minimum Gasteiger partial charge on any atom is -0.381 e. The monoisotopic (exact) mass is 231 g/mol. The third kappa shape index (κ3) is 1.61. The predicted octanol–water partition coefficient (Wildman–Crippen LogP) is 0.591. The summed E-state index contributed by atoms with van der Waals surface area (Å²) in [5.41, 5.74) is 0.155. The fourth-order valence-electron chi connectivity index (χ4n) is 2.66. The Morgan fingerprint density at radius 1 is 1.27 bits per heavy atom. The van der Waals surface area contributed by atoms with Crippen molar-refractivity contribution in [2.45, 2.75) is 30.9 Å². The molecule has 15 heavy (non-hydrogen) atoms. The van der Waals surface area contributed by atoms with E-state index in [-0.39, 0.29) is 10.7 Å². The van der Waals surface area contributed by atoms with Crippen molar-refractivity contribution in [1.82, 2.24) is 4.31 Å². The van der Waals surface area contributed by atoms with E-state index in [1.807, 2.05) is 0 Å². The summed E-state index contributed by atoms with van der Waals surface area (Å²) in [4.78, 5) is 0. The predicted molar refractivity (Wildman–Crippen MR) is 56.0 cm³/mol. The van der Waals surface area contributed by atoms with Crippen molar-refractivity contribution in [3.8, 4) is 0 Å². The second-order valence-electron chi connectivity index (χ2n) is 5.13. The van der Waals surface area contributed by atoms with Crippen molar-refractivity contribution >= 4 is 10.0 Å². The van der Waals surface area contributed by atoms with E-state index < -0.39 is 10.0 Å². The van der Waals surface area contributed by atoms with Crippen molar-refractivity contribution in [3.05, 3.63) is 0 Å². The molecule has 0 aromatic rings. The fourth-order valence-corrected chi connectivity index (χ4v) is 4.61. The molecule has 3 rings (SSSR count). The van der Waals surface area contributed by atoms with Crippen LogP contribution in [0.5, 0.6) is 0 Å². The summed E-state index contributed by atoms with van der Waals surface area (Å²) in [5.74, 6) is 0. The van der Waals surface area contributed by atoms with Crippen LogP contribution in [-0.4, -0.2) is 44.3 Å². The highest BCUT2D eigenvalue weighted by Gasteiger charge is 2.48. The smallest absolute Gasteiger partial charge is 0.217 e. The number of ether oxygens (including phenoxy) is 1. The molecule has 0 radical (unpaired) electrons. The standard InChI is InChI=1S/C10H17NO3S/c12-15(13,9-1-2-9)11-5-3-10(7-11)4-6-14-8-10/h9H,1-8H2. The second kappa shape index (κ2) is 3.18. The maximum Gasteiger partial charge on any atom is 0.217 e. The molecule has 4 nitrogen and oxygen atoms in total. The Kier molecular flexibility index (Phi) is 2.13. The van der Waals surface area contributed by atoms with Crippen LogP contribution in [0, 0.1) is 5.41 Å². The maximum absolute atomic E-state index is 12.0. The topological polar surface area (TPSA) is 46.6 Å². The van der Waals surface area contributed by atoms with Crippen LogP contribution in [0.25, 0.3) is 0 Å². The molecule has 86 valence electrons. The van der Waals surface area contributed by atoms with Crippen LogP contribution in [0.2, 0.25) is 0 Å². The summed E-state index contributed by atoms with van der Waals surface area (Å²) in [6.07, 6.45) is 3.74. The third-order valence-electron chi connectivity index (χ3n) is 3.89. The number of hydrogen-bond donors (Lipinski definition) is 0.